The molecule has 0 radical (unpaired) electrons. The largest absolute Gasteiger partial charge is 0.129 e. The first-order chi connectivity index (χ1) is 12.8. The van der Waals surface area contributed by atoms with Gasteiger partial charge in [-0.25, -0.2) is 0 Å². The molecule has 0 saturated carbocycles. The van der Waals surface area contributed by atoms with Gasteiger partial charge in [0.25, 0.3) is 0 Å². The highest BCUT2D eigenvalue weighted by molar-refractivity contribution is 8.01. The summed E-state index contributed by atoms with van der Waals surface area (Å²) in [6, 6.07) is 30.5. The highest BCUT2D eigenvalue weighted by atomic mass is 32.2. The Labute approximate surface area is 163 Å². The third-order valence-corrected chi connectivity index (χ3v) is 7.27. The summed E-state index contributed by atoms with van der Waals surface area (Å²) < 4.78 is 2.87. The number of rotatable bonds is 6. The first-order valence-corrected chi connectivity index (χ1v) is 10.9. The summed E-state index contributed by atoms with van der Waals surface area (Å²) in [4.78, 5) is 0. The standard InChI is InChI=1S/C24H22S2/c1-18(20-12-6-3-7-13-20)23-21-14-8-9-15-22(21)26-24(23)25-17-16-19-10-4-2-5-11-19/h2-15,18H,16-17H2,1H3. The zero-order chi connectivity index (χ0) is 17.8. The molecule has 4 rings (SSSR count). The molecule has 0 fully saturated rings. The molecule has 1 unspecified atom stereocenters. The van der Waals surface area contributed by atoms with Gasteiger partial charge in [-0.1, -0.05) is 85.8 Å². The van der Waals surface area contributed by atoms with Gasteiger partial charge in [-0.2, -0.15) is 0 Å². The van der Waals surface area contributed by atoms with Crippen molar-refractivity contribution < 1.29 is 0 Å². The fraction of sp³-hybridized carbons (Fsp3) is 0.167. The average molecular weight is 375 g/mol. The van der Waals surface area contributed by atoms with E-state index in [9.17, 15) is 0 Å². The van der Waals surface area contributed by atoms with E-state index in [0.717, 1.165) is 12.2 Å². The Kier molecular flexibility index (Phi) is 5.42. The van der Waals surface area contributed by atoms with E-state index < -0.39 is 0 Å². The van der Waals surface area contributed by atoms with E-state index in [1.807, 2.05) is 23.1 Å². The maximum Gasteiger partial charge on any atom is 0.0649 e. The van der Waals surface area contributed by atoms with Crippen molar-refractivity contribution in [2.45, 2.75) is 23.5 Å². The van der Waals surface area contributed by atoms with E-state index in [1.54, 1.807) is 0 Å². The van der Waals surface area contributed by atoms with E-state index in [2.05, 4.69) is 91.9 Å². The van der Waals surface area contributed by atoms with Crippen molar-refractivity contribution in [3.8, 4) is 0 Å². The van der Waals surface area contributed by atoms with Crippen molar-refractivity contribution in [3.05, 3.63) is 102 Å². The second-order valence-electron chi connectivity index (χ2n) is 6.52. The smallest absolute Gasteiger partial charge is 0.0649 e. The molecule has 130 valence electrons. The number of aryl methyl sites for hydroxylation is 1. The molecule has 0 aliphatic heterocycles. The van der Waals surface area contributed by atoms with Crippen molar-refractivity contribution >= 4 is 33.2 Å². The van der Waals surface area contributed by atoms with Crippen LogP contribution in [0.1, 0.15) is 29.5 Å². The molecule has 0 N–H and O–H groups in total. The zero-order valence-electron chi connectivity index (χ0n) is 14.9. The Hall–Kier alpha value is -2.03. The Balaban J connectivity index is 1.63. The van der Waals surface area contributed by atoms with E-state index in [0.29, 0.717) is 5.92 Å². The van der Waals surface area contributed by atoms with Gasteiger partial charge in [-0.3, -0.25) is 0 Å². The lowest BCUT2D eigenvalue weighted by molar-refractivity contribution is 0.918. The molecule has 0 nitrogen and oxygen atoms in total. The van der Waals surface area contributed by atoms with Gasteiger partial charge in [0.15, 0.2) is 0 Å². The summed E-state index contributed by atoms with van der Waals surface area (Å²) in [7, 11) is 0. The van der Waals surface area contributed by atoms with Crippen molar-refractivity contribution in [1.29, 1.82) is 0 Å². The fourth-order valence-electron chi connectivity index (χ4n) is 3.37. The Morgan fingerprint density at radius 2 is 1.46 bits per heavy atom. The SMILES string of the molecule is CC(c1ccccc1)c1c(SCCc2ccccc2)sc2ccccc12. The van der Waals surface area contributed by atoms with Crippen molar-refractivity contribution in [2.75, 3.05) is 5.75 Å². The van der Waals surface area contributed by atoms with Crippen LogP contribution in [-0.2, 0) is 6.42 Å². The lowest BCUT2D eigenvalue weighted by Gasteiger charge is -2.14. The van der Waals surface area contributed by atoms with E-state index >= 15 is 0 Å². The van der Waals surface area contributed by atoms with Gasteiger partial charge in [-0.05, 0) is 34.6 Å². The topological polar surface area (TPSA) is 0 Å². The van der Waals surface area contributed by atoms with Crippen LogP contribution in [0.15, 0.2) is 89.1 Å². The maximum absolute atomic E-state index is 2.34. The Morgan fingerprint density at radius 1 is 0.808 bits per heavy atom. The van der Waals surface area contributed by atoms with Crippen LogP contribution in [-0.4, -0.2) is 5.75 Å². The Morgan fingerprint density at radius 3 is 2.23 bits per heavy atom. The lowest BCUT2D eigenvalue weighted by Crippen LogP contribution is -1.97. The molecular weight excluding hydrogens is 352 g/mol. The van der Waals surface area contributed by atoms with Gasteiger partial charge in [0.05, 0.1) is 4.21 Å². The van der Waals surface area contributed by atoms with E-state index in [4.69, 9.17) is 0 Å². The first-order valence-electron chi connectivity index (χ1n) is 9.06. The van der Waals surface area contributed by atoms with Gasteiger partial charge in [0.2, 0.25) is 0 Å². The minimum atomic E-state index is 0.409. The summed E-state index contributed by atoms with van der Waals surface area (Å²) in [6.07, 6.45) is 1.11. The normalized spacial score (nSPS) is 12.3. The summed E-state index contributed by atoms with van der Waals surface area (Å²) >= 11 is 3.95. The summed E-state index contributed by atoms with van der Waals surface area (Å²) in [5, 5.41) is 1.41. The highest BCUT2D eigenvalue weighted by Crippen LogP contribution is 2.44. The number of hydrogen-bond donors (Lipinski definition) is 0. The predicted molar refractivity (Wildman–Crippen MR) is 117 cm³/mol. The van der Waals surface area contributed by atoms with E-state index in [-0.39, 0.29) is 0 Å². The number of benzene rings is 3. The van der Waals surface area contributed by atoms with Crippen LogP contribution in [0.4, 0.5) is 0 Å². The van der Waals surface area contributed by atoms with Gasteiger partial charge in [0, 0.05) is 16.4 Å². The highest BCUT2D eigenvalue weighted by Gasteiger charge is 2.19. The summed E-state index contributed by atoms with van der Waals surface area (Å²) in [5.41, 5.74) is 4.30. The van der Waals surface area contributed by atoms with Crippen molar-refractivity contribution in [3.63, 3.8) is 0 Å². The molecule has 0 bridgehead atoms. The molecule has 2 heteroatoms. The monoisotopic (exact) mass is 374 g/mol. The second kappa shape index (κ2) is 8.11. The summed E-state index contributed by atoms with van der Waals surface area (Å²) in [6.45, 7) is 2.34. The molecule has 1 aromatic heterocycles. The zero-order valence-corrected chi connectivity index (χ0v) is 16.5. The van der Waals surface area contributed by atoms with Crippen LogP contribution < -0.4 is 0 Å². The molecule has 0 aliphatic rings. The van der Waals surface area contributed by atoms with Gasteiger partial charge < -0.3 is 0 Å². The molecule has 26 heavy (non-hydrogen) atoms. The molecule has 1 heterocycles. The Bertz CT molecular complexity index is 971. The fourth-order valence-corrected chi connectivity index (χ4v) is 6.13. The van der Waals surface area contributed by atoms with Crippen LogP contribution in [0.5, 0.6) is 0 Å². The third kappa shape index (κ3) is 3.72. The number of thiophene rings is 1. The van der Waals surface area contributed by atoms with Gasteiger partial charge >= 0.3 is 0 Å². The molecular formula is C24H22S2. The van der Waals surface area contributed by atoms with Crippen LogP contribution in [0.25, 0.3) is 10.1 Å². The quantitative estimate of drug-likeness (QED) is 0.317. The number of fused-ring (bicyclic) bond motifs is 1. The van der Waals surface area contributed by atoms with Crippen LogP contribution in [0, 0.1) is 0 Å². The van der Waals surface area contributed by atoms with Crippen molar-refractivity contribution in [2.24, 2.45) is 0 Å². The predicted octanol–water partition coefficient (Wildman–Crippen LogP) is 7.39. The lowest BCUT2D eigenvalue weighted by atomic mass is 9.93. The molecule has 0 amide bonds. The molecule has 0 saturated heterocycles. The second-order valence-corrected chi connectivity index (χ2v) is 8.93. The van der Waals surface area contributed by atoms with Crippen LogP contribution in [0.2, 0.25) is 0 Å². The maximum atomic E-state index is 2.34. The van der Waals surface area contributed by atoms with E-state index in [1.165, 1.54) is 31.0 Å². The molecule has 0 aliphatic carbocycles. The number of hydrogen-bond acceptors (Lipinski definition) is 2. The third-order valence-electron chi connectivity index (χ3n) is 4.80. The summed E-state index contributed by atoms with van der Waals surface area (Å²) in [5.74, 6) is 1.53. The minimum absolute atomic E-state index is 0.409. The van der Waals surface area contributed by atoms with Gasteiger partial charge in [-0.15, -0.1) is 23.1 Å². The van der Waals surface area contributed by atoms with Crippen LogP contribution in [0.3, 0.4) is 0 Å². The van der Waals surface area contributed by atoms with Crippen LogP contribution >= 0.6 is 23.1 Å². The van der Waals surface area contributed by atoms with Crippen molar-refractivity contribution in [1.82, 2.24) is 0 Å². The molecule has 3 aromatic carbocycles. The van der Waals surface area contributed by atoms with Gasteiger partial charge in [0.1, 0.15) is 0 Å². The number of thioether (sulfide) groups is 1. The first kappa shape index (κ1) is 17.4. The molecule has 0 spiro atoms. The average Bonchev–Trinajstić information content (AvgIpc) is 3.07. The molecule has 4 aromatic rings. The minimum Gasteiger partial charge on any atom is -0.129 e. The molecule has 1 atom stereocenters.